The van der Waals surface area contributed by atoms with Gasteiger partial charge in [-0.25, -0.2) is 9.89 Å². The van der Waals surface area contributed by atoms with Crippen LogP contribution in [0.1, 0.15) is 5.56 Å². The fourth-order valence-corrected chi connectivity index (χ4v) is 2.25. The first-order valence-corrected chi connectivity index (χ1v) is 6.75. The minimum atomic E-state index is -0.325. The van der Waals surface area contributed by atoms with Crippen molar-refractivity contribution < 1.29 is 9.84 Å². The van der Waals surface area contributed by atoms with E-state index in [9.17, 15) is 9.90 Å². The molecule has 2 aromatic carbocycles. The topological polar surface area (TPSA) is 80.1 Å². The number of aromatic nitrogens is 3. The molecule has 0 radical (unpaired) electrons. The van der Waals surface area contributed by atoms with Gasteiger partial charge in [-0.3, -0.25) is 4.57 Å². The summed E-state index contributed by atoms with van der Waals surface area (Å²) in [5, 5.41) is 16.4. The second kappa shape index (κ2) is 5.77. The van der Waals surface area contributed by atoms with Crippen molar-refractivity contribution in [1.29, 1.82) is 0 Å². The fraction of sp³-hybridized carbons (Fsp3) is 0.125. The molecule has 0 fully saturated rings. The lowest BCUT2D eigenvalue weighted by Crippen LogP contribution is -2.18. The molecule has 1 aromatic heterocycles. The molecule has 1 heterocycles. The van der Waals surface area contributed by atoms with E-state index in [-0.39, 0.29) is 11.4 Å². The van der Waals surface area contributed by atoms with Gasteiger partial charge in [-0.1, -0.05) is 24.3 Å². The van der Waals surface area contributed by atoms with E-state index in [0.29, 0.717) is 17.9 Å². The maximum absolute atomic E-state index is 12.0. The summed E-state index contributed by atoms with van der Waals surface area (Å²) in [5.74, 6) is 1.24. The molecule has 0 saturated heterocycles. The molecule has 0 aliphatic rings. The van der Waals surface area contributed by atoms with Gasteiger partial charge in [0.1, 0.15) is 11.5 Å². The van der Waals surface area contributed by atoms with Gasteiger partial charge >= 0.3 is 5.69 Å². The van der Waals surface area contributed by atoms with Crippen LogP contribution in [0.25, 0.3) is 11.4 Å². The Balaban J connectivity index is 1.99. The smallest absolute Gasteiger partial charge is 0.343 e. The van der Waals surface area contributed by atoms with E-state index in [2.05, 4.69) is 10.2 Å². The molecule has 0 unspecified atom stereocenters. The molecule has 3 rings (SSSR count). The molecular weight excluding hydrogens is 282 g/mol. The number of benzene rings is 2. The van der Waals surface area contributed by atoms with E-state index in [1.807, 2.05) is 24.3 Å². The average molecular weight is 297 g/mol. The van der Waals surface area contributed by atoms with E-state index in [0.717, 1.165) is 11.3 Å². The summed E-state index contributed by atoms with van der Waals surface area (Å²) < 4.78 is 6.60. The standard InChI is InChI=1S/C16H15N3O3/c1-22-12-8-6-11(7-9-12)10-19-15(17-18-16(19)21)13-4-2-3-5-14(13)20/h2-9,20H,10H2,1H3,(H,18,21). The third-order valence-electron chi connectivity index (χ3n) is 3.40. The first-order valence-electron chi connectivity index (χ1n) is 6.75. The van der Waals surface area contributed by atoms with Gasteiger partial charge in [0, 0.05) is 0 Å². The van der Waals surface area contributed by atoms with Crippen LogP contribution < -0.4 is 10.4 Å². The van der Waals surface area contributed by atoms with Gasteiger partial charge in [0.15, 0.2) is 5.82 Å². The van der Waals surface area contributed by atoms with E-state index in [4.69, 9.17) is 4.74 Å². The Morgan fingerprint density at radius 3 is 2.59 bits per heavy atom. The number of aromatic hydroxyl groups is 1. The molecule has 112 valence electrons. The first kappa shape index (κ1) is 13.9. The predicted octanol–water partition coefficient (Wildman–Crippen LogP) is 2.00. The van der Waals surface area contributed by atoms with Crippen LogP contribution in [0.15, 0.2) is 53.3 Å². The van der Waals surface area contributed by atoms with Crippen LogP contribution in [0.2, 0.25) is 0 Å². The lowest BCUT2D eigenvalue weighted by molar-refractivity contribution is 0.414. The van der Waals surface area contributed by atoms with Crippen LogP contribution in [0.3, 0.4) is 0 Å². The zero-order valence-electron chi connectivity index (χ0n) is 12.0. The molecule has 0 aliphatic carbocycles. The minimum absolute atomic E-state index is 0.0810. The summed E-state index contributed by atoms with van der Waals surface area (Å²) in [4.78, 5) is 12.0. The molecule has 2 N–H and O–H groups in total. The Morgan fingerprint density at radius 1 is 1.18 bits per heavy atom. The Bertz CT molecular complexity index is 834. The third-order valence-corrected chi connectivity index (χ3v) is 3.40. The van der Waals surface area contributed by atoms with Gasteiger partial charge < -0.3 is 9.84 Å². The van der Waals surface area contributed by atoms with Gasteiger partial charge in [0.05, 0.1) is 19.2 Å². The number of H-pyrrole nitrogens is 1. The Hall–Kier alpha value is -3.02. The summed E-state index contributed by atoms with van der Waals surface area (Å²) in [7, 11) is 1.60. The molecule has 6 heteroatoms. The molecule has 0 aliphatic heterocycles. The Kier molecular flexibility index (Phi) is 3.65. The predicted molar refractivity (Wildman–Crippen MR) is 82.0 cm³/mol. The maximum Gasteiger partial charge on any atom is 0.343 e. The molecule has 6 nitrogen and oxygen atoms in total. The highest BCUT2D eigenvalue weighted by Gasteiger charge is 2.14. The average Bonchev–Trinajstić information content (AvgIpc) is 2.90. The lowest BCUT2D eigenvalue weighted by Gasteiger charge is -2.08. The monoisotopic (exact) mass is 297 g/mol. The molecular formula is C16H15N3O3. The van der Waals surface area contributed by atoms with E-state index in [1.54, 1.807) is 31.4 Å². The first-order chi connectivity index (χ1) is 10.7. The number of rotatable bonds is 4. The molecule has 0 amide bonds. The van der Waals surface area contributed by atoms with Crippen molar-refractivity contribution in [2.24, 2.45) is 0 Å². The summed E-state index contributed by atoms with van der Waals surface area (Å²) in [6.07, 6.45) is 0. The van der Waals surface area contributed by atoms with E-state index < -0.39 is 0 Å². The number of phenols is 1. The molecule has 0 bridgehead atoms. The van der Waals surface area contributed by atoms with Crippen molar-refractivity contribution in [1.82, 2.24) is 14.8 Å². The van der Waals surface area contributed by atoms with Gasteiger partial charge in [-0.2, -0.15) is 5.10 Å². The van der Waals surface area contributed by atoms with Crippen molar-refractivity contribution in [3.05, 3.63) is 64.6 Å². The highest BCUT2D eigenvalue weighted by atomic mass is 16.5. The largest absolute Gasteiger partial charge is 0.507 e. The van der Waals surface area contributed by atoms with Gasteiger partial charge in [0.25, 0.3) is 0 Å². The van der Waals surface area contributed by atoms with Crippen molar-refractivity contribution in [2.45, 2.75) is 6.54 Å². The van der Waals surface area contributed by atoms with E-state index >= 15 is 0 Å². The number of phenolic OH excluding ortho intramolecular Hbond substituents is 1. The molecule has 0 spiro atoms. The molecule has 0 atom stereocenters. The van der Waals surface area contributed by atoms with Crippen LogP contribution in [-0.4, -0.2) is 27.0 Å². The highest BCUT2D eigenvalue weighted by Crippen LogP contribution is 2.26. The number of aromatic amines is 1. The second-order valence-electron chi connectivity index (χ2n) is 4.80. The number of nitrogens with one attached hydrogen (secondary N) is 1. The minimum Gasteiger partial charge on any atom is -0.507 e. The maximum atomic E-state index is 12.0. The van der Waals surface area contributed by atoms with Crippen LogP contribution in [0.4, 0.5) is 0 Å². The van der Waals surface area contributed by atoms with Crippen LogP contribution in [-0.2, 0) is 6.54 Å². The number of para-hydroxylation sites is 1. The third kappa shape index (κ3) is 2.58. The number of ether oxygens (including phenoxy) is 1. The number of methoxy groups -OCH3 is 1. The summed E-state index contributed by atoms with van der Waals surface area (Å²) >= 11 is 0. The summed E-state index contributed by atoms with van der Waals surface area (Å²) in [5.41, 5.74) is 1.12. The van der Waals surface area contributed by atoms with Crippen LogP contribution in [0, 0.1) is 0 Å². The van der Waals surface area contributed by atoms with Crippen LogP contribution >= 0.6 is 0 Å². The van der Waals surface area contributed by atoms with Gasteiger partial charge in [-0.05, 0) is 29.8 Å². The second-order valence-corrected chi connectivity index (χ2v) is 4.80. The van der Waals surface area contributed by atoms with Crippen LogP contribution in [0.5, 0.6) is 11.5 Å². The quantitative estimate of drug-likeness (QED) is 0.772. The normalized spacial score (nSPS) is 10.6. The van der Waals surface area contributed by atoms with Gasteiger partial charge in [0.2, 0.25) is 0 Å². The fourth-order valence-electron chi connectivity index (χ4n) is 2.25. The summed E-state index contributed by atoms with van der Waals surface area (Å²) in [6.45, 7) is 0.350. The van der Waals surface area contributed by atoms with Crippen molar-refractivity contribution >= 4 is 0 Å². The highest BCUT2D eigenvalue weighted by molar-refractivity contribution is 5.63. The SMILES string of the molecule is COc1ccc(Cn2c(-c3ccccc3O)n[nH]c2=O)cc1. The molecule has 22 heavy (non-hydrogen) atoms. The Morgan fingerprint density at radius 2 is 1.91 bits per heavy atom. The van der Waals surface area contributed by atoms with E-state index in [1.165, 1.54) is 4.57 Å². The van der Waals surface area contributed by atoms with Crippen molar-refractivity contribution in [3.63, 3.8) is 0 Å². The molecule has 0 saturated carbocycles. The van der Waals surface area contributed by atoms with Crippen molar-refractivity contribution in [3.8, 4) is 22.9 Å². The van der Waals surface area contributed by atoms with Crippen molar-refractivity contribution in [2.75, 3.05) is 7.11 Å². The zero-order valence-corrected chi connectivity index (χ0v) is 12.0. The summed E-state index contributed by atoms with van der Waals surface area (Å²) in [6, 6.07) is 14.2. The molecule has 3 aromatic rings. The number of hydrogen-bond acceptors (Lipinski definition) is 4. The number of hydrogen-bond donors (Lipinski definition) is 2. The lowest BCUT2D eigenvalue weighted by atomic mass is 10.1. The van der Waals surface area contributed by atoms with Gasteiger partial charge in [-0.15, -0.1) is 0 Å². The number of nitrogens with zero attached hydrogens (tertiary/aromatic N) is 2. The Labute approximate surface area is 126 Å². The zero-order chi connectivity index (χ0) is 15.5.